The highest BCUT2D eigenvalue weighted by atomic mass is 79.9. The number of H-pyrrole nitrogens is 1. The standard InChI is InChI=1S/C20H25BrN4O3/c1-11-9-13(21)7-8-14(11)23-15(26)10-25(6)18(28)16-12(2)22-19(20(3,4)5)24-17(16)27/h7-9H,10H2,1-6H3,(H,23,26)(H,22,24,27). The van der Waals surface area contributed by atoms with Crippen LogP contribution in [0.4, 0.5) is 5.69 Å². The molecule has 2 rings (SSSR count). The maximum absolute atomic E-state index is 12.7. The lowest BCUT2D eigenvalue weighted by atomic mass is 9.95. The lowest BCUT2D eigenvalue weighted by molar-refractivity contribution is -0.116. The van der Waals surface area contributed by atoms with E-state index in [4.69, 9.17) is 0 Å². The van der Waals surface area contributed by atoms with E-state index < -0.39 is 11.5 Å². The number of aromatic amines is 1. The summed E-state index contributed by atoms with van der Waals surface area (Å²) < 4.78 is 0.913. The molecule has 0 fully saturated rings. The number of likely N-dealkylation sites (N-methyl/N-ethyl adjacent to an activating group) is 1. The topological polar surface area (TPSA) is 95.2 Å². The fraction of sp³-hybridized carbons (Fsp3) is 0.400. The molecule has 28 heavy (non-hydrogen) atoms. The molecule has 150 valence electrons. The summed E-state index contributed by atoms with van der Waals surface area (Å²) >= 11 is 3.37. The van der Waals surface area contributed by atoms with E-state index in [1.54, 1.807) is 13.0 Å². The minimum absolute atomic E-state index is 0.0527. The van der Waals surface area contributed by atoms with Gasteiger partial charge in [-0.3, -0.25) is 14.4 Å². The van der Waals surface area contributed by atoms with Crippen molar-refractivity contribution in [1.29, 1.82) is 0 Å². The summed E-state index contributed by atoms with van der Waals surface area (Å²) in [6.07, 6.45) is 0. The number of aromatic nitrogens is 2. The molecule has 2 aromatic rings. The number of anilines is 1. The van der Waals surface area contributed by atoms with Gasteiger partial charge in [-0.2, -0.15) is 0 Å². The summed E-state index contributed by atoms with van der Waals surface area (Å²) in [4.78, 5) is 45.8. The molecule has 0 aliphatic heterocycles. The largest absolute Gasteiger partial charge is 0.332 e. The number of nitrogens with zero attached hydrogens (tertiary/aromatic N) is 2. The zero-order chi connectivity index (χ0) is 21.2. The van der Waals surface area contributed by atoms with Crippen molar-refractivity contribution >= 4 is 33.4 Å². The molecule has 0 aliphatic rings. The normalized spacial score (nSPS) is 11.2. The lowest BCUT2D eigenvalue weighted by Crippen LogP contribution is -2.39. The summed E-state index contributed by atoms with van der Waals surface area (Å²) in [5, 5.41) is 2.78. The third-order valence-corrected chi connectivity index (χ3v) is 4.71. The van der Waals surface area contributed by atoms with Gasteiger partial charge in [-0.25, -0.2) is 4.98 Å². The number of halogens is 1. The summed E-state index contributed by atoms with van der Waals surface area (Å²) in [5.74, 6) is -0.387. The average Bonchev–Trinajstić information content (AvgIpc) is 2.55. The number of carbonyl (C=O) groups excluding carboxylic acids is 2. The zero-order valence-electron chi connectivity index (χ0n) is 16.9. The smallest absolute Gasteiger partial charge is 0.264 e. The summed E-state index contributed by atoms with van der Waals surface area (Å²) in [5.41, 5.74) is 1.00. The van der Waals surface area contributed by atoms with Gasteiger partial charge in [-0.15, -0.1) is 0 Å². The van der Waals surface area contributed by atoms with Crippen molar-refractivity contribution in [2.45, 2.75) is 40.0 Å². The number of benzene rings is 1. The molecule has 0 radical (unpaired) electrons. The van der Waals surface area contributed by atoms with Gasteiger partial charge in [0, 0.05) is 22.6 Å². The number of carbonyl (C=O) groups is 2. The molecule has 8 heteroatoms. The van der Waals surface area contributed by atoms with E-state index >= 15 is 0 Å². The van der Waals surface area contributed by atoms with Crippen molar-refractivity contribution in [3.8, 4) is 0 Å². The van der Waals surface area contributed by atoms with Crippen LogP contribution in [0.25, 0.3) is 0 Å². The van der Waals surface area contributed by atoms with Gasteiger partial charge in [0.25, 0.3) is 11.5 Å². The molecule has 1 aromatic carbocycles. The maximum Gasteiger partial charge on any atom is 0.264 e. The van der Waals surface area contributed by atoms with E-state index in [1.165, 1.54) is 11.9 Å². The molecule has 2 amide bonds. The van der Waals surface area contributed by atoms with Crippen molar-refractivity contribution < 1.29 is 9.59 Å². The second-order valence-electron chi connectivity index (χ2n) is 7.79. The van der Waals surface area contributed by atoms with Gasteiger partial charge >= 0.3 is 0 Å². The van der Waals surface area contributed by atoms with Crippen molar-refractivity contribution in [3.05, 3.63) is 55.7 Å². The van der Waals surface area contributed by atoms with E-state index in [9.17, 15) is 14.4 Å². The number of nitrogens with one attached hydrogen (secondary N) is 2. The number of hydrogen-bond acceptors (Lipinski definition) is 4. The van der Waals surface area contributed by atoms with Gasteiger partial charge < -0.3 is 15.2 Å². The summed E-state index contributed by atoms with van der Waals surface area (Å²) in [6.45, 7) is 9.08. The Morgan fingerprint density at radius 3 is 2.43 bits per heavy atom. The Morgan fingerprint density at radius 1 is 1.25 bits per heavy atom. The highest BCUT2D eigenvalue weighted by molar-refractivity contribution is 9.10. The molecular formula is C20H25BrN4O3. The Morgan fingerprint density at radius 2 is 1.89 bits per heavy atom. The van der Waals surface area contributed by atoms with Crippen molar-refractivity contribution in [1.82, 2.24) is 14.9 Å². The predicted octanol–water partition coefficient (Wildman–Crippen LogP) is 3.16. The van der Waals surface area contributed by atoms with Crippen molar-refractivity contribution in [2.75, 3.05) is 18.9 Å². The third-order valence-electron chi connectivity index (χ3n) is 4.21. The summed E-state index contributed by atoms with van der Waals surface area (Å²) in [6, 6.07) is 5.49. The fourth-order valence-corrected chi connectivity index (χ4v) is 3.10. The SMILES string of the molecule is Cc1cc(Br)ccc1NC(=O)CN(C)C(=O)c1c(C)nc(C(C)(C)C)[nH]c1=O. The van der Waals surface area contributed by atoms with Crippen LogP contribution in [0.2, 0.25) is 0 Å². The van der Waals surface area contributed by atoms with Crippen LogP contribution in [0.3, 0.4) is 0 Å². The van der Waals surface area contributed by atoms with Crippen LogP contribution in [0.1, 0.15) is 48.2 Å². The molecule has 1 aromatic heterocycles. The van der Waals surface area contributed by atoms with Crippen LogP contribution in [0.5, 0.6) is 0 Å². The maximum atomic E-state index is 12.7. The van der Waals surface area contributed by atoms with Gasteiger partial charge in [0.05, 0.1) is 12.2 Å². The summed E-state index contributed by atoms with van der Waals surface area (Å²) in [7, 11) is 1.48. The molecule has 0 unspecified atom stereocenters. The Labute approximate surface area is 172 Å². The highest BCUT2D eigenvalue weighted by Crippen LogP contribution is 2.20. The van der Waals surface area contributed by atoms with Gasteiger partial charge in [0.1, 0.15) is 11.4 Å². The minimum Gasteiger partial charge on any atom is -0.332 e. The van der Waals surface area contributed by atoms with Gasteiger partial charge in [0.2, 0.25) is 5.91 Å². The molecule has 0 spiro atoms. The lowest BCUT2D eigenvalue weighted by Gasteiger charge is -2.20. The van der Waals surface area contributed by atoms with Crippen molar-refractivity contribution in [2.24, 2.45) is 0 Å². The van der Waals surface area contributed by atoms with E-state index in [2.05, 4.69) is 31.2 Å². The molecule has 0 aliphatic carbocycles. The number of rotatable bonds is 4. The van der Waals surface area contributed by atoms with Crippen molar-refractivity contribution in [3.63, 3.8) is 0 Å². The number of hydrogen-bond donors (Lipinski definition) is 2. The van der Waals surface area contributed by atoms with E-state index in [0.717, 1.165) is 10.0 Å². The Hall–Kier alpha value is -2.48. The monoisotopic (exact) mass is 448 g/mol. The zero-order valence-corrected chi connectivity index (χ0v) is 18.5. The van der Waals surface area contributed by atoms with Crippen LogP contribution in [-0.2, 0) is 10.2 Å². The first kappa shape index (κ1) is 21.8. The first-order valence-corrected chi connectivity index (χ1v) is 9.62. The van der Waals surface area contributed by atoms with Crippen LogP contribution in [-0.4, -0.2) is 40.3 Å². The number of amides is 2. The minimum atomic E-state index is -0.547. The first-order valence-electron chi connectivity index (χ1n) is 8.83. The average molecular weight is 449 g/mol. The van der Waals surface area contributed by atoms with Crippen LogP contribution >= 0.6 is 15.9 Å². The Balaban J connectivity index is 2.16. The Bertz CT molecular complexity index is 976. The van der Waals surface area contributed by atoms with E-state index in [1.807, 2.05) is 39.8 Å². The highest BCUT2D eigenvalue weighted by Gasteiger charge is 2.24. The quantitative estimate of drug-likeness (QED) is 0.750. The van der Waals surface area contributed by atoms with Crippen LogP contribution < -0.4 is 10.9 Å². The Kier molecular flexibility index (Phi) is 6.44. The van der Waals surface area contributed by atoms with Crippen LogP contribution in [0, 0.1) is 13.8 Å². The second kappa shape index (κ2) is 8.26. The van der Waals surface area contributed by atoms with E-state index in [0.29, 0.717) is 17.2 Å². The van der Waals surface area contributed by atoms with Gasteiger partial charge in [-0.1, -0.05) is 36.7 Å². The van der Waals surface area contributed by atoms with Gasteiger partial charge in [0.15, 0.2) is 0 Å². The van der Waals surface area contributed by atoms with Crippen LogP contribution in [0.15, 0.2) is 27.5 Å². The van der Waals surface area contributed by atoms with Gasteiger partial charge in [-0.05, 0) is 37.6 Å². The molecule has 0 bridgehead atoms. The molecule has 2 N–H and O–H groups in total. The fourth-order valence-electron chi connectivity index (χ4n) is 2.63. The third kappa shape index (κ3) is 5.07. The second-order valence-corrected chi connectivity index (χ2v) is 8.71. The molecule has 1 heterocycles. The molecule has 0 saturated heterocycles. The predicted molar refractivity (Wildman–Crippen MR) is 113 cm³/mol. The molecule has 7 nitrogen and oxygen atoms in total. The number of aryl methyl sites for hydroxylation is 2. The van der Waals surface area contributed by atoms with E-state index in [-0.39, 0.29) is 23.4 Å². The molecule has 0 atom stereocenters. The first-order chi connectivity index (χ1) is 12.9. The molecular weight excluding hydrogens is 424 g/mol. The molecule has 0 saturated carbocycles.